The Hall–Kier alpha value is -1.71. The van der Waals surface area contributed by atoms with Crippen LogP contribution in [0.2, 0.25) is 21.6 Å². The maximum Gasteiger partial charge on any atom is 0.319 e. The largest absolute Gasteiger partial charge is 0.488 e. The summed E-state index contributed by atoms with van der Waals surface area (Å²) in [5.74, 6) is 3.88. The van der Waals surface area contributed by atoms with Crippen molar-refractivity contribution in [2.24, 2.45) is 0 Å². The quantitative estimate of drug-likeness (QED) is 0.165. The molecule has 0 radical (unpaired) electrons. The van der Waals surface area contributed by atoms with Crippen LogP contribution in [0.25, 0.3) is 10.9 Å². The number of nitrogens with zero attached hydrogens (tertiary/aromatic N) is 4. The predicted octanol–water partition coefficient (Wildman–Crippen LogP) is 7.72. The highest BCUT2D eigenvalue weighted by Gasteiger charge is 2.50. The van der Waals surface area contributed by atoms with Gasteiger partial charge >= 0.3 is 6.01 Å². The van der Waals surface area contributed by atoms with E-state index < -0.39 is 25.6 Å². The number of alkyl halides is 1. The molecule has 0 N–H and O–H groups in total. The summed E-state index contributed by atoms with van der Waals surface area (Å²) in [5, 5.41) is 0.528. The van der Waals surface area contributed by atoms with Gasteiger partial charge in [0.25, 0.3) is 0 Å². The first kappa shape index (κ1) is 33.2. The normalized spacial score (nSPS) is 26.9. The van der Waals surface area contributed by atoms with E-state index in [2.05, 4.69) is 83.7 Å². The maximum atomic E-state index is 16.0. The van der Waals surface area contributed by atoms with E-state index in [1.54, 1.807) is 0 Å². The molecule has 246 valence electrons. The molecule has 0 amide bonds. The van der Waals surface area contributed by atoms with Crippen molar-refractivity contribution in [1.82, 2.24) is 14.9 Å². The molecule has 0 bridgehead atoms. The topological polar surface area (TPSA) is 60.0 Å². The lowest BCUT2D eigenvalue weighted by Gasteiger charge is -2.39. The summed E-state index contributed by atoms with van der Waals surface area (Å²) in [5.41, 5.74) is 4.91. The maximum absolute atomic E-state index is 16.0. The van der Waals surface area contributed by atoms with Crippen LogP contribution < -0.4 is 14.4 Å². The third kappa shape index (κ3) is 5.64. The molecule has 0 aliphatic carbocycles. The molecule has 1 aromatic carbocycles. The minimum absolute atomic E-state index is 0.0490. The van der Waals surface area contributed by atoms with Gasteiger partial charge in [-0.25, -0.2) is 8.78 Å². The van der Waals surface area contributed by atoms with Crippen LogP contribution in [-0.4, -0.2) is 86.3 Å². The van der Waals surface area contributed by atoms with Crippen LogP contribution in [0.3, 0.4) is 0 Å². The zero-order chi connectivity index (χ0) is 32.3. The van der Waals surface area contributed by atoms with Crippen molar-refractivity contribution in [3.05, 3.63) is 15.3 Å². The fourth-order valence-electron chi connectivity index (χ4n) is 8.55. The van der Waals surface area contributed by atoms with Gasteiger partial charge in [0.1, 0.15) is 49.9 Å². The Morgan fingerprint density at radius 2 is 1.89 bits per heavy atom. The van der Waals surface area contributed by atoms with Crippen molar-refractivity contribution in [1.29, 1.82) is 0 Å². The molecular formula is C33H44BrClF2N4O3Si. The summed E-state index contributed by atoms with van der Waals surface area (Å²) in [7, 11) is -2.09. The minimum atomic E-state index is -2.09. The molecule has 7 nitrogen and oxygen atoms in total. The van der Waals surface area contributed by atoms with Gasteiger partial charge in [-0.15, -0.1) is 5.54 Å². The molecular weight excluding hydrogens is 682 g/mol. The molecule has 1 aromatic heterocycles. The van der Waals surface area contributed by atoms with Gasteiger partial charge in [0.2, 0.25) is 0 Å². The lowest BCUT2D eigenvalue weighted by atomic mass is 9.95. The van der Waals surface area contributed by atoms with E-state index in [0.29, 0.717) is 59.8 Å². The van der Waals surface area contributed by atoms with Crippen molar-refractivity contribution in [2.45, 2.75) is 108 Å². The minimum Gasteiger partial charge on any atom is -0.488 e. The molecule has 5 heterocycles. The van der Waals surface area contributed by atoms with Crippen LogP contribution in [0, 0.1) is 17.3 Å². The number of halogens is 4. The summed E-state index contributed by atoms with van der Waals surface area (Å²) in [6, 6.07) is -0.399. The number of anilines is 1. The zero-order valence-electron chi connectivity index (χ0n) is 27.1. The van der Waals surface area contributed by atoms with Crippen molar-refractivity contribution < 1.29 is 23.0 Å². The zero-order valence-corrected chi connectivity index (χ0v) is 30.4. The highest BCUT2D eigenvalue weighted by atomic mass is 79.9. The summed E-state index contributed by atoms with van der Waals surface area (Å²) >= 11 is 10.1. The van der Waals surface area contributed by atoms with Gasteiger partial charge in [-0.1, -0.05) is 59.1 Å². The number of rotatable bonds is 7. The highest BCUT2D eigenvalue weighted by molar-refractivity contribution is 9.10. The van der Waals surface area contributed by atoms with Crippen molar-refractivity contribution in [2.75, 3.05) is 44.4 Å². The molecule has 12 heteroatoms. The Kier molecular flexibility index (Phi) is 9.38. The van der Waals surface area contributed by atoms with E-state index in [1.807, 2.05) is 0 Å². The van der Waals surface area contributed by atoms with Gasteiger partial charge < -0.3 is 19.1 Å². The van der Waals surface area contributed by atoms with Crippen LogP contribution >= 0.6 is 27.5 Å². The van der Waals surface area contributed by atoms with Gasteiger partial charge in [-0.2, -0.15) is 9.97 Å². The highest BCUT2D eigenvalue weighted by Crippen LogP contribution is 2.48. The summed E-state index contributed by atoms with van der Waals surface area (Å²) in [6.07, 6.45) is 2.13. The Morgan fingerprint density at radius 3 is 2.56 bits per heavy atom. The van der Waals surface area contributed by atoms with E-state index >= 15 is 4.39 Å². The fourth-order valence-corrected chi connectivity index (χ4v) is 14.4. The van der Waals surface area contributed by atoms with Crippen LogP contribution in [0.4, 0.5) is 14.6 Å². The molecule has 0 spiro atoms. The third-order valence-corrected chi connectivity index (χ3v) is 18.3. The lowest BCUT2D eigenvalue weighted by molar-refractivity contribution is 0.107. The first-order valence-electron chi connectivity index (χ1n) is 16.3. The van der Waals surface area contributed by atoms with Crippen molar-refractivity contribution >= 4 is 52.3 Å². The Bertz CT molecular complexity index is 1490. The van der Waals surface area contributed by atoms with E-state index in [9.17, 15) is 4.39 Å². The second kappa shape index (κ2) is 12.7. The molecule has 3 fully saturated rings. The van der Waals surface area contributed by atoms with Gasteiger partial charge in [-0.3, -0.25) is 4.90 Å². The van der Waals surface area contributed by atoms with Crippen LogP contribution in [0.1, 0.15) is 67.2 Å². The predicted molar refractivity (Wildman–Crippen MR) is 181 cm³/mol. The van der Waals surface area contributed by atoms with E-state index in [1.165, 1.54) is 0 Å². The lowest BCUT2D eigenvalue weighted by Crippen LogP contribution is -2.48. The second-order valence-electron chi connectivity index (χ2n) is 14.1. The average Bonchev–Trinajstić information content (AvgIpc) is 3.69. The van der Waals surface area contributed by atoms with Crippen LogP contribution in [0.5, 0.6) is 11.8 Å². The van der Waals surface area contributed by atoms with Crippen molar-refractivity contribution in [3.63, 3.8) is 0 Å². The summed E-state index contributed by atoms with van der Waals surface area (Å²) in [6.45, 7) is 16.6. The Balaban J connectivity index is 1.49. The van der Waals surface area contributed by atoms with Gasteiger partial charge in [0.15, 0.2) is 11.6 Å². The monoisotopic (exact) mass is 724 g/mol. The molecule has 45 heavy (non-hydrogen) atoms. The van der Waals surface area contributed by atoms with E-state index in [0.717, 1.165) is 25.8 Å². The number of ether oxygens (including phenoxy) is 3. The van der Waals surface area contributed by atoms with Gasteiger partial charge in [0, 0.05) is 19.6 Å². The van der Waals surface area contributed by atoms with E-state index in [4.69, 9.17) is 30.8 Å². The smallest absolute Gasteiger partial charge is 0.319 e. The molecule has 1 unspecified atom stereocenters. The Morgan fingerprint density at radius 1 is 1.16 bits per heavy atom. The summed E-state index contributed by atoms with van der Waals surface area (Å²) < 4.78 is 49.2. The average molecular weight is 726 g/mol. The first-order chi connectivity index (χ1) is 21.4. The molecule has 2 aromatic rings. The molecule has 4 atom stereocenters. The summed E-state index contributed by atoms with van der Waals surface area (Å²) in [4.78, 5) is 13.9. The molecule has 6 rings (SSSR count). The van der Waals surface area contributed by atoms with Crippen LogP contribution in [0.15, 0.2) is 4.47 Å². The SMILES string of the molecule is CC(C)[Si](C#C[C@H]1COc2c(Cl)c(Br)c(F)c3nc(OC[C@@]45CCCN4C[C@H](F)C5)nc(c23)N1C1CCOC1)(C(C)C)C(C)C. The number of hydrogen-bond acceptors (Lipinski definition) is 7. The molecule has 4 aliphatic heterocycles. The van der Waals surface area contributed by atoms with Crippen LogP contribution in [-0.2, 0) is 4.74 Å². The van der Waals surface area contributed by atoms with E-state index in [-0.39, 0.29) is 46.3 Å². The van der Waals surface area contributed by atoms with Crippen molar-refractivity contribution in [3.8, 4) is 23.2 Å². The first-order valence-corrected chi connectivity index (χ1v) is 19.7. The number of hydrogen-bond donors (Lipinski definition) is 0. The Labute approximate surface area is 279 Å². The standard InChI is InChI=1S/C33H44BrClF2N4O3Si/c1-19(2)45(20(3)4,21(5)6)13-9-24-17-43-30-25-29(28(37)26(34)27(30)35)38-32(39-31(25)41(24)23-8-12-42-16-23)44-18-33-10-7-11-40(33)15-22(36)14-33/h19-24H,7-8,10-12,14-18H2,1-6H3/t22-,23?,24+,33+/m1/s1. The molecule has 3 saturated heterocycles. The number of fused-ring (bicyclic) bond motifs is 1. The molecule has 4 aliphatic rings. The third-order valence-electron chi connectivity index (χ3n) is 10.7. The second-order valence-corrected chi connectivity index (χ2v) is 20.9. The number of benzene rings is 1. The number of aromatic nitrogens is 2. The fraction of sp³-hybridized carbons (Fsp3) is 0.697. The van der Waals surface area contributed by atoms with Gasteiger partial charge in [0.05, 0.1) is 28.0 Å². The molecule has 0 saturated carbocycles. The van der Waals surface area contributed by atoms with Gasteiger partial charge in [-0.05, 0) is 58.4 Å².